The molecular formula is C12H17IN2O3. The van der Waals surface area contributed by atoms with Crippen LogP contribution >= 0.6 is 22.6 Å². The van der Waals surface area contributed by atoms with Crippen molar-refractivity contribution in [2.24, 2.45) is 0 Å². The van der Waals surface area contributed by atoms with Crippen LogP contribution in [-0.4, -0.2) is 30.2 Å². The molecule has 0 saturated carbocycles. The van der Waals surface area contributed by atoms with Gasteiger partial charge in [-0.25, -0.2) is 0 Å². The topological polar surface area (TPSA) is 66.6 Å². The van der Waals surface area contributed by atoms with E-state index in [1.807, 2.05) is 35.7 Å². The number of nitro groups is 1. The zero-order valence-electron chi connectivity index (χ0n) is 10.3. The van der Waals surface area contributed by atoms with Gasteiger partial charge in [0.05, 0.1) is 8.49 Å². The maximum atomic E-state index is 10.7. The van der Waals surface area contributed by atoms with Gasteiger partial charge in [-0.3, -0.25) is 10.1 Å². The van der Waals surface area contributed by atoms with Gasteiger partial charge in [-0.15, -0.1) is 0 Å². The molecule has 0 heterocycles. The fourth-order valence-corrected chi connectivity index (χ4v) is 2.34. The Bertz CT molecular complexity index is 412. The number of nitrogens with zero attached hydrogens (tertiary/aromatic N) is 2. The van der Waals surface area contributed by atoms with Crippen molar-refractivity contribution in [1.29, 1.82) is 0 Å². The Hall–Kier alpha value is -0.890. The number of rotatable bonds is 7. The van der Waals surface area contributed by atoms with Gasteiger partial charge >= 0.3 is 0 Å². The summed E-state index contributed by atoms with van der Waals surface area (Å²) in [4.78, 5) is 12.4. The maximum Gasteiger partial charge on any atom is 0.282 e. The van der Waals surface area contributed by atoms with Crippen LogP contribution in [-0.2, 0) is 0 Å². The van der Waals surface area contributed by atoms with E-state index in [1.54, 1.807) is 12.1 Å². The van der Waals surface area contributed by atoms with Crippen LogP contribution in [0.3, 0.4) is 0 Å². The Kier molecular flexibility index (Phi) is 6.34. The zero-order valence-corrected chi connectivity index (χ0v) is 12.5. The average molecular weight is 364 g/mol. The molecule has 0 amide bonds. The minimum absolute atomic E-state index is 0.146. The summed E-state index contributed by atoms with van der Waals surface area (Å²) in [5.41, 5.74) is 1.13. The third-order valence-electron chi connectivity index (χ3n) is 2.72. The van der Waals surface area contributed by atoms with E-state index in [-0.39, 0.29) is 17.2 Å². The molecule has 1 aromatic carbocycles. The first-order chi connectivity index (χ1) is 8.56. The first-order valence-corrected chi connectivity index (χ1v) is 6.90. The first-order valence-electron chi connectivity index (χ1n) is 5.82. The van der Waals surface area contributed by atoms with E-state index >= 15 is 0 Å². The van der Waals surface area contributed by atoms with Crippen molar-refractivity contribution in [2.75, 3.05) is 25.1 Å². The van der Waals surface area contributed by atoms with Gasteiger partial charge in [0.15, 0.2) is 0 Å². The second-order valence-corrected chi connectivity index (χ2v) is 5.26. The molecule has 0 radical (unpaired) electrons. The van der Waals surface area contributed by atoms with Crippen LogP contribution in [0, 0.1) is 13.7 Å². The number of anilines is 1. The quantitative estimate of drug-likeness (QED) is 0.350. The van der Waals surface area contributed by atoms with Gasteiger partial charge in [0.25, 0.3) is 5.69 Å². The van der Waals surface area contributed by atoms with Gasteiger partial charge in [-0.05, 0) is 54.0 Å². The first kappa shape index (κ1) is 15.2. The number of hydrogen-bond acceptors (Lipinski definition) is 4. The molecule has 0 aromatic heterocycles. The van der Waals surface area contributed by atoms with Crippen molar-refractivity contribution >= 4 is 34.0 Å². The SMILES string of the molecule is CN(CCCCCO)c1ccc([N+](=O)[O-])c(I)c1. The minimum atomic E-state index is -0.368. The van der Waals surface area contributed by atoms with E-state index in [9.17, 15) is 10.1 Å². The Morgan fingerprint density at radius 3 is 2.67 bits per heavy atom. The van der Waals surface area contributed by atoms with Crippen molar-refractivity contribution < 1.29 is 10.0 Å². The molecule has 0 atom stereocenters. The highest BCUT2D eigenvalue weighted by molar-refractivity contribution is 14.1. The predicted molar refractivity (Wildman–Crippen MR) is 80.0 cm³/mol. The summed E-state index contributed by atoms with van der Waals surface area (Å²) in [6.07, 6.45) is 2.82. The highest BCUT2D eigenvalue weighted by Gasteiger charge is 2.12. The van der Waals surface area contributed by atoms with Crippen LogP contribution in [0.25, 0.3) is 0 Å². The van der Waals surface area contributed by atoms with Crippen molar-refractivity contribution in [3.05, 3.63) is 31.9 Å². The molecule has 1 rings (SSSR count). The highest BCUT2D eigenvalue weighted by atomic mass is 127. The summed E-state index contributed by atoms with van der Waals surface area (Å²) < 4.78 is 0.650. The Morgan fingerprint density at radius 2 is 2.11 bits per heavy atom. The summed E-state index contributed by atoms with van der Waals surface area (Å²) in [5.74, 6) is 0. The molecule has 100 valence electrons. The fourth-order valence-electron chi connectivity index (χ4n) is 1.65. The molecule has 0 aliphatic heterocycles. The average Bonchev–Trinajstić information content (AvgIpc) is 2.33. The van der Waals surface area contributed by atoms with Gasteiger partial charge in [0.1, 0.15) is 0 Å². The molecule has 0 saturated heterocycles. The van der Waals surface area contributed by atoms with Gasteiger partial charge in [-0.1, -0.05) is 0 Å². The molecule has 1 aromatic rings. The third-order valence-corrected chi connectivity index (χ3v) is 3.58. The van der Waals surface area contributed by atoms with Gasteiger partial charge < -0.3 is 10.0 Å². The second kappa shape index (κ2) is 7.52. The molecule has 5 nitrogen and oxygen atoms in total. The Balaban J connectivity index is 2.61. The van der Waals surface area contributed by atoms with Crippen molar-refractivity contribution in [3.8, 4) is 0 Å². The number of aliphatic hydroxyl groups is 1. The molecule has 0 spiro atoms. The Morgan fingerprint density at radius 1 is 1.39 bits per heavy atom. The standard InChI is InChI=1S/C12H17IN2O3/c1-14(7-3-2-4-8-16)10-5-6-12(15(17)18)11(13)9-10/h5-6,9,16H,2-4,7-8H2,1H3. The lowest BCUT2D eigenvalue weighted by atomic mass is 10.2. The predicted octanol–water partition coefficient (Wildman–Crippen LogP) is 2.80. The molecule has 0 unspecified atom stereocenters. The lowest BCUT2D eigenvalue weighted by molar-refractivity contribution is -0.385. The largest absolute Gasteiger partial charge is 0.396 e. The van der Waals surface area contributed by atoms with E-state index in [0.717, 1.165) is 31.5 Å². The summed E-state index contributed by atoms with van der Waals surface area (Å²) in [5, 5.41) is 19.4. The molecule has 6 heteroatoms. The van der Waals surface area contributed by atoms with Crippen LogP contribution in [0.15, 0.2) is 18.2 Å². The number of unbranched alkanes of at least 4 members (excludes halogenated alkanes) is 2. The van der Waals surface area contributed by atoms with E-state index < -0.39 is 0 Å². The molecule has 18 heavy (non-hydrogen) atoms. The summed E-state index contributed by atoms with van der Waals surface area (Å²) >= 11 is 1.98. The molecule has 1 N–H and O–H groups in total. The van der Waals surface area contributed by atoms with Crippen LogP contribution in [0.2, 0.25) is 0 Å². The molecule has 0 bridgehead atoms. The highest BCUT2D eigenvalue weighted by Crippen LogP contribution is 2.25. The monoisotopic (exact) mass is 364 g/mol. The van der Waals surface area contributed by atoms with Gasteiger partial charge in [0.2, 0.25) is 0 Å². The molecular weight excluding hydrogens is 347 g/mol. The zero-order chi connectivity index (χ0) is 13.5. The van der Waals surface area contributed by atoms with E-state index in [1.165, 1.54) is 0 Å². The van der Waals surface area contributed by atoms with Crippen LogP contribution in [0.1, 0.15) is 19.3 Å². The van der Waals surface area contributed by atoms with Crippen LogP contribution in [0.5, 0.6) is 0 Å². The lowest BCUT2D eigenvalue weighted by Crippen LogP contribution is -2.18. The number of halogens is 1. The minimum Gasteiger partial charge on any atom is -0.396 e. The van der Waals surface area contributed by atoms with Crippen LogP contribution < -0.4 is 4.90 Å². The smallest absolute Gasteiger partial charge is 0.282 e. The summed E-state index contributed by atoms with van der Waals surface area (Å²) in [7, 11) is 1.97. The normalized spacial score (nSPS) is 10.4. The van der Waals surface area contributed by atoms with Crippen molar-refractivity contribution in [2.45, 2.75) is 19.3 Å². The van der Waals surface area contributed by atoms with Crippen molar-refractivity contribution in [1.82, 2.24) is 0 Å². The van der Waals surface area contributed by atoms with E-state index in [0.29, 0.717) is 3.57 Å². The Labute approximate surface area is 120 Å². The summed E-state index contributed by atoms with van der Waals surface area (Å²) in [6, 6.07) is 5.14. The number of aliphatic hydroxyl groups excluding tert-OH is 1. The fraction of sp³-hybridized carbons (Fsp3) is 0.500. The molecule has 0 aliphatic rings. The third kappa shape index (κ3) is 4.41. The maximum absolute atomic E-state index is 10.7. The molecule has 0 fully saturated rings. The van der Waals surface area contributed by atoms with Crippen LogP contribution in [0.4, 0.5) is 11.4 Å². The summed E-state index contributed by atoms with van der Waals surface area (Å²) in [6.45, 7) is 1.12. The lowest BCUT2D eigenvalue weighted by Gasteiger charge is -2.19. The number of hydrogen-bond donors (Lipinski definition) is 1. The van der Waals surface area contributed by atoms with E-state index in [4.69, 9.17) is 5.11 Å². The molecule has 0 aliphatic carbocycles. The number of benzene rings is 1. The second-order valence-electron chi connectivity index (χ2n) is 4.10. The van der Waals surface area contributed by atoms with Crippen molar-refractivity contribution in [3.63, 3.8) is 0 Å². The van der Waals surface area contributed by atoms with Gasteiger partial charge in [0, 0.05) is 32.0 Å². The van der Waals surface area contributed by atoms with Gasteiger partial charge in [-0.2, -0.15) is 0 Å². The number of nitro benzene ring substituents is 1. The van der Waals surface area contributed by atoms with E-state index in [2.05, 4.69) is 4.90 Å².